The number of hydrogen-bond donors (Lipinski definition) is 1. The number of nitrogens with zero attached hydrogens (tertiary/aromatic N) is 2. The van der Waals surface area contributed by atoms with Crippen LogP contribution in [0.1, 0.15) is 336 Å². The molecule has 2 atom stereocenters. The van der Waals surface area contributed by atoms with Crippen molar-refractivity contribution in [3.63, 3.8) is 0 Å². The summed E-state index contributed by atoms with van der Waals surface area (Å²) in [5, 5.41) is 11.4. The number of unbranched alkanes of at least 4 members (excludes halogenated alkanes) is 44. The van der Waals surface area contributed by atoms with E-state index < -0.39 is 6.10 Å². The Morgan fingerprint density at radius 3 is 0.646 bits per heavy atom. The van der Waals surface area contributed by atoms with Gasteiger partial charge in [-0.15, -0.1) is 0 Å². The molecule has 0 rings (SSSR count). The van der Waals surface area contributed by atoms with Crippen LogP contribution in [-0.2, 0) is 28.4 Å². The van der Waals surface area contributed by atoms with E-state index in [4.69, 9.17) is 28.4 Å². The lowest BCUT2D eigenvalue weighted by Crippen LogP contribution is -2.54. The van der Waals surface area contributed by atoms with Crippen LogP contribution in [0.4, 0.5) is 0 Å². The van der Waals surface area contributed by atoms with Gasteiger partial charge in [0.25, 0.3) is 0 Å². The molecule has 82 heavy (non-hydrogen) atoms. The van der Waals surface area contributed by atoms with E-state index in [-0.39, 0.29) is 12.2 Å². The molecule has 0 aliphatic carbocycles. The Labute approximate surface area is 514 Å². The van der Waals surface area contributed by atoms with Crippen LogP contribution >= 0.6 is 0 Å². The van der Waals surface area contributed by atoms with Gasteiger partial charge in [-0.1, -0.05) is 310 Å². The highest BCUT2D eigenvalue weighted by Gasteiger charge is 2.27. The van der Waals surface area contributed by atoms with Crippen molar-refractivity contribution in [1.29, 1.82) is 0 Å². The lowest BCUT2D eigenvalue weighted by molar-refractivity contribution is -0.914. The molecule has 0 spiro atoms. The summed E-state index contributed by atoms with van der Waals surface area (Å²) in [7, 11) is 8.86. The predicted molar refractivity (Wildman–Crippen MR) is 357 cm³/mol. The van der Waals surface area contributed by atoms with Gasteiger partial charge in [-0.05, 0) is 25.7 Å². The zero-order valence-electron chi connectivity index (χ0n) is 57.4. The molecule has 9 nitrogen and oxygen atoms in total. The molecule has 9 heteroatoms. The van der Waals surface area contributed by atoms with Gasteiger partial charge in [0, 0.05) is 26.4 Å². The molecule has 0 aliphatic rings. The SMILES string of the molecule is CCCCCCCCCCCCCCOCC(COCC[N+](C)(C)CC(O)C[N+](C)(C)CCOCC(COCCCCCCCCCCCCCC)OCCCCCCCCCCCCCC)OCCCCCCCCCCCCCC. The number of ether oxygens (including phenoxy) is 6. The summed E-state index contributed by atoms with van der Waals surface area (Å²) in [6.07, 6.45) is 64.3. The maximum atomic E-state index is 11.4. The third-order valence-electron chi connectivity index (χ3n) is 17.3. The Hall–Kier alpha value is -0.360. The van der Waals surface area contributed by atoms with Crippen LogP contribution in [0.3, 0.4) is 0 Å². The third-order valence-corrected chi connectivity index (χ3v) is 17.3. The first-order valence-electron chi connectivity index (χ1n) is 36.9. The maximum Gasteiger partial charge on any atom is 0.152 e. The summed E-state index contributed by atoms with van der Waals surface area (Å²) in [6, 6.07) is 0. The Balaban J connectivity index is 4.81. The predicted octanol–water partition coefficient (Wildman–Crippen LogP) is 20.1. The van der Waals surface area contributed by atoms with Gasteiger partial charge in [-0.3, -0.25) is 0 Å². The highest BCUT2D eigenvalue weighted by molar-refractivity contribution is 4.61. The van der Waals surface area contributed by atoms with E-state index >= 15 is 0 Å². The lowest BCUT2D eigenvalue weighted by atomic mass is 10.1. The van der Waals surface area contributed by atoms with Crippen LogP contribution in [0.5, 0.6) is 0 Å². The molecule has 494 valence electrons. The second-order valence-electron chi connectivity index (χ2n) is 27.2. The molecular formula is C73H152N2O7+2. The van der Waals surface area contributed by atoms with Crippen molar-refractivity contribution < 1.29 is 42.5 Å². The van der Waals surface area contributed by atoms with Gasteiger partial charge in [0.1, 0.15) is 38.4 Å². The first-order chi connectivity index (χ1) is 40.1. The van der Waals surface area contributed by atoms with Gasteiger partial charge in [0.15, 0.2) is 6.10 Å². The molecular weight excluding hydrogens is 1020 g/mol. The molecule has 0 aliphatic heterocycles. The smallest absolute Gasteiger partial charge is 0.152 e. The molecule has 0 bridgehead atoms. The summed E-state index contributed by atoms with van der Waals surface area (Å²) in [5.74, 6) is 0. The van der Waals surface area contributed by atoms with Crippen LogP contribution in [0, 0.1) is 0 Å². The quantitative estimate of drug-likeness (QED) is 0.0480. The summed E-state index contributed by atoms with van der Waals surface area (Å²) >= 11 is 0. The average Bonchev–Trinajstić information content (AvgIpc) is 3.45. The van der Waals surface area contributed by atoms with Crippen molar-refractivity contribution >= 4 is 0 Å². The number of hydrogen-bond acceptors (Lipinski definition) is 7. The molecule has 0 heterocycles. The Kier molecular flexibility index (Phi) is 64.8. The highest BCUT2D eigenvalue weighted by Crippen LogP contribution is 2.17. The van der Waals surface area contributed by atoms with E-state index in [1.165, 1.54) is 283 Å². The minimum atomic E-state index is -0.425. The fourth-order valence-electron chi connectivity index (χ4n) is 11.6. The van der Waals surface area contributed by atoms with E-state index in [9.17, 15) is 5.11 Å². The fraction of sp³-hybridized carbons (Fsp3) is 1.00. The molecule has 0 aromatic carbocycles. The largest absolute Gasteiger partial charge is 0.382 e. The summed E-state index contributed by atoms with van der Waals surface area (Å²) in [5.41, 5.74) is 0. The van der Waals surface area contributed by atoms with E-state index in [0.29, 0.717) is 61.7 Å². The average molecular weight is 1170 g/mol. The fourth-order valence-corrected chi connectivity index (χ4v) is 11.6. The third kappa shape index (κ3) is 64.1. The molecule has 0 aromatic rings. The number of aliphatic hydroxyl groups excluding tert-OH is 1. The van der Waals surface area contributed by atoms with Gasteiger partial charge in [0.2, 0.25) is 0 Å². The normalized spacial score (nSPS) is 13.4. The first kappa shape index (κ1) is 81.6. The number of rotatable bonds is 72. The summed E-state index contributed by atoms with van der Waals surface area (Å²) in [4.78, 5) is 0. The van der Waals surface area contributed by atoms with E-state index in [0.717, 1.165) is 65.2 Å². The second-order valence-corrected chi connectivity index (χ2v) is 27.2. The summed E-state index contributed by atoms with van der Waals surface area (Å²) < 4.78 is 39.4. The van der Waals surface area contributed by atoms with Gasteiger partial charge in [0.05, 0.1) is 67.8 Å². The molecule has 0 radical (unpaired) electrons. The second kappa shape index (κ2) is 65.1. The number of likely N-dealkylation sites (N-methyl/N-ethyl adjacent to an activating group) is 2. The van der Waals surface area contributed by atoms with E-state index in [2.05, 4.69) is 55.9 Å². The molecule has 2 unspecified atom stereocenters. The Bertz CT molecular complexity index is 1100. The van der Waals surface area contributed by atoms with Gasteiger partial charge in [-0.25, -0.2) is 0 Å². The van der Waals surface area contributed by atoms with Gasteiger partial charge < -0.3 is 42.5 Å². The molecule has 1 N–H and O–H groups in total. The molecule has 0 aromatic heterocycles. The van der Waals surface area contributed by atoms with Crippen molar-refractivity contribution in [2.24, 2.45) is 0 Å². The minimum Gasteiger partial charge on any atom is -0.382 e. The van der Waals surface area contributed by atoms with Gasteiger partial charge >= 0.3 is 0 Å². The van der Waals surface area contributed by atoms with Gasteiger partial charge in [-0.2, -0.15) is 0 Å². The van der Waals surface area contributed by atoms with E-state index in [1.54, 1.807) is 0 Å². The lowest BCUT2D eigenvalue weighted by Gasteiger charge is -2.36. The Morgan fingerprint density at radius 2 is 0.427 bits per heavy atom. The van der Waals surface area contributed by atoms with Crippen molar-refractivity contribution in [3.05, 3.63) is 0 Å². The van der Waals surface area contributed by atoms with Crippen molar-refractivity contribution in [2.45, 2.75) is 354 Å². The number of aliphatic hydroxyl groups is 1. The van der Waals surface area contributed by atoms with E-state index in [1.807, 2.05) is 0 Å². The highest BCUT2D eigenvalue weighted by atomic mass is 16.6. The zero-order valence-corrected chi connectivity index (χ0v) is 57.4. The van der Waals surface area contributed by atoms with Crippen LogP contribution in [0.2, 0.25) is 0 Å². The Morgan fingerprint density at radius 1 is 0.244 bits per heavy atom. The van der Waals surface area contributed by atoms with Crippen molar-refractivity contribution in [2.75, 3.05) is 120 Å². The molecule has 0 amide bonds. The van der Waals surface area contributed by atoms with Crippen LogP contribution in [-0.4, -0.2) is 153 Å². The molecule has 0 saturated carbocycles. The summed E-state index contributed by atoms with van der Waals surface area (Å²) in [6.45, 7) is 19.0. The van der Waals surface area contributed by atoms with Crippen LogP contribution < -0.4 is 0 Å². The number of quaternary nitrogens is 2. The van der Waals surface area contributed by atoms with Crippen molar-refractivity contribution in [1.82, 2.24) is 0 Å². The zero-order chi connectivity index (χ0) is 59.8. The molecule has 0 saturated heterocycles. The monoisotopic (exact) mass is 1170 g/mol. The van der Waals surface area contributed by atoms with Crippen LogP contribution in [0.15, 0.2) is 0 Å². The first-order valence-corrected chi connectivity index (χ1v) is 36.9. The standard InChI is InChI=1S/C73H152N2O7/c1-9-13-17-21-25-29-33-37-41-45-49-53-59-77-67-72(81-61-55-51-47-43-39-35-31-27-23-19-15-11-3)69-79-63-57-74(5,6)65-71(76)66-75(7,8)58-64-80-70-73(82-62-56-52-48-44-40-36-32-28-24-20-16-12-4)68-78-60-54-50-46-42-38-34-30-26-22-18-14-10-2/h71-73,76H,9-70H2,1-8H3/q+2. The maximum absolute atomic E-state index is 11.4. The van der Waals surface area contributed by atoms with Crippen molar-refractivity contribution in [3.8, 4) is 0 Å². The minimum absolute atomic E-state index is 0.0378. The topological polar surface area (TPSA) is 75.6 Å². The van der Waals surface area contributed by atoms with Crippen LogP contribution in [0.25, 0.3) is 0 Å². The molecule has 0 fully saturated rings.